The molecule has 19 heavy (non-hydrogen) atoms. The quantitative estimate of drug-likeness (QED) is 0.607. The molecule has 0 bridgehead atoms. The maximum absolute atomic E-state index is 6.01. The van der Waals surface area contributed by atoms with Crippen molar-refractivity contribution in [1.29, 1.82) is 0 Å². The van der Waals surface area contributed by atoms with Gasteiger partial charge in [-0.3, -0.25) is 0 Å². The Bertz CT molecular complexity index is 272. The summed E-state index contributed by atoms with van der Waals surface area (Å²) in [5, 5.41) is 0. The van der Waals surface area contributed by atoms with Gasteiger partial charge in [-0.05, 0) is 27.2 Å². The Morgan fingerprint density at radius 1 is 0.947 bits per heavy atom. The average molecular weight is 288 g/mol. The lowest BCUT2D eigenvalue weighted by Crippen LogP contribution is -2.65. The molecule has 0 saturated heterocycles. The highest BCUT2D eigenvalue weighted by molar-refractivity contribution is 6.62. The summed E-state index contributed by atoms with van der Waals surface area (Å²) < 4.78 is 18.0. The minimum atomic E-state index is -2.74. The number of hydrogen-bond donors (Lipinski definition) is 0. The molecule has 0 radical (unpaired) electrons. The fraction of sp³-hybridized carbons (Fsp3) is 0.846. The monoisotopic (exact) mass is 288 g/mol. The van der Waals surface area contributed by atoms with Gasteiger partial charge in [0.2, 0.25) is 0 Å². The molecule has 112 valence electrons. The van der Waals surface area contributed by atoms with E-state index in [0.29, 0.717) is 19.8 Å². The molecule has 6 heteroatoms. The summed E-state index contributed by atoms with van der Waals surface area (Å²) in [6.45, 7) is 11.0. The number of hydrogen-bond acceptors (Lipinski definition) is 5. The molecule has 1 unspecified atom stereocenters. The van der Waals surface area contributed by atoms with Crippen molar-refractivity contribution in [3.63, 3.8) is 0 Å². The standard InChI is InChI=1S/C13H28N2O3Si/c1-6-10-15-12-11-14(5)13(15)19(16-7-2,17-8-3)18-9-4/h11-13H,6-10H2,1-5H3. The zero-order valence-electron chi connectivity index (χ0n) is 12.9. The van der Waals surface area contributed by atoms with Crippen molar-refractivity contribution in [3.8, 4) is 0 Å². The maximum Gasteiger partial charge on any atom is 0.546 e. The zero-order valence-corrected chi connectivity index (χ0v) is 13.9. The Balaban J connectivity index is 2.98. The van der Waals surface area contributed by atoms with Crippen LogP contribution in [0.3, 0.4) is 0 Å². The summed E-state index contributed by atoms with van der Waals surface area (Å²) in [5.41, 5.74) is 0. The summed E-state index contributed by atoms with van der Waals surface area (Å²) in [6, 6.07) is 0. The molecule has 0 saturated carbocycles. The summed E-state index contributed by atoms with van der Waals surface area (Å²) in [7, 11) is -0.685. The van der Waals surface area contributed by atoms with Gasteiger partial charge in [0, 0.05) is 45.8 Å². The Morgan fingerprint density at radius 2 is 1.47 bits per heavy atom. The normalized spacial score (nSPS) is 19.5. The molecule has 0 aromatic heterocycles. The Hall–Kier alpha value is -0.563. The summed E-state index contributed by atoms with van der Waals surface area (Å²) in [4.78, 5) is 4.41. The highest BCUT2D eigenvalue weighted by atomic mass is 28.4. The fourth-order valence-electron chi connectivity index (χ4n) is 2.45. The molecule has 0 N–H and O–H groups in total. The van der Waals surface area contributed by atoms with E-state index in [-0.39, 0.29) is 5.79 Å². The summed E-state index contributed by atoms with van der Waals surface area (Å²) in [5.74, 6) is 0.0484. The van der Waals surface area contributed by atoms with Crippen LogP contribution in [0.25, 0.3) is 0 Å². The molecule has 0 aromatic carbocycles. The van der Waals surface area contributed by atoms with E-state index in [1.807, 2.05) is 20.8 Å². The van der Waals surface area contributed by atoms with Gasteiger partial charge >= 0.3 is 8.80 Å². The summed E-state index contributed by atoms with van der Waals surface area (Å²) >= 11 is 0. The molecule has 0 fully saturated rings. The van der Waals surface area contributed by atoms with Crippen LogP contribution in [0.5, 0.6) is 0 Å². The van der Waals surface area contributed by atoms with Gasteiger partial charge in [-0.2, -0.15) is 0 Å². The van der Waals surface area contributed by atoms with E-state index >= 15 is 0 Å². The molecule has 1 heterocycles. The van der Waals surface area contributed by atoms with Crippen LogP contribution in [0, 0.1) is 0 Å². The molecule has 0 spiro atoms. The zero-order chi connectivity index (χ0) is 14.3. The van der Waals surface area contributed by atoms with Gasteiger partial charge in [-0.25, -0.2) is 0 Å². The van der Waals surface area contributed by atoms with E-state index in [2.05, 4.69) is 36.2 Å². The first kappa shape index (κ1) is 16.5. The van der Waals surface area contributed by atoms with E-state index in [9.17, 15) is 0 Å². The third-order valence-corrected chi connectivity index (χ3v) is 6.47. The van der Waals surface area contributed by atoms with Crippen molar-refractivity contribution in [2.75, 3.05) is 33.4 Å². The van der Waals surface area contributed by atoms with Crippen LogP contribution in [0.1, 0.15) is 34.1 Å². The molecular weight excluding hydrogens is 260 g/mol. The van der Waals surface area contributed by atoms with Crippen molar-refractivity contribution in [3.05, 3.63) is 12.4 Å². The molecule has 1 aliphatic heterocycles. The minimum Gasteiger partial charge on any atom is -0.371 e. The SMILES string of the molecule is CCCN1C=CN(C)C1[Si](OCC)(OCC)OCC. The summed E-state index contributed by atoms with van der Waals surface area (Å²) in [6.07, 6.45) is 5.26. The first-order valence-corrected chi connectivity index (χ1v) is 9.03. The van der Waals surface area contributed by atoms with Crippen LogP contribution in [-0.2, 0) is 13.3 Å². The molecule has 1 rings (SSSR count). The second-order valence-electron chi connectivity index (χ2n) is 4.48. The minimum absolute atomic E-state index is 0.0484. The topological polar surface area (TPSA) is 34.2 Å². The van der Waals surface area contributed by atoms with E-state index in [1.165, 1.54) is 0 Å². The van der Waals surface area contributed by atoms with Crippen LogP contribution in [-0.4, -0.2) is 57.8 Å². The highest BCUT2D eigenvalue weighted by Crippen LogP contribution is 2.27. The number of rotatable bonds is 9. The fourth-order valence-corrected chi connectivity index (χ4v) is 5.56. The molecule has 0 aromatic rings. The molecule has 0 aliphatic carbocycles. The van der Waals surface area contributed by atoms with Gasteiger partial charge < -0.3 is 23.1 Å². The Kier molecular flexibility index (Phi) is 6.85. The van der Waals surface area contributed by atoms with Gasteiger partial charge in [0.1, 0.15) is 0 Å². The molecule has 0 amide bonds. The largest absolute Gasteiger partial charge is 0.546 e. The van der Waals surface area contributed by atoms with Crippen molar-refractivity contribution < 1.29 is 13.3 Å². The Morgan fingerprint density at radius 3 is 1.89 bits per heavy atom. The van der Waals surface area contributed by atoms with Crippen LogP contribution < -0.4 is 0 Å². The smallest absolute Gasteiger partial charge is 0.371 e. The first-order valence-electron chi connectivity index (χ1n) is 7.23. The molecule has 5 nitrogen and oxygen atoms in total. The Labute approximate surface area is 118 Å². The third-order valence-electron chi connectivity index (χ3n) is 3.03. The van der Waals surface area contributed by atoms with Crippen LogP contribution in [0.2, 0.25) is 0 Å². The second kappa shape index (κ2) is 7.89. The van der Waals surface area contributed by atoms with E-state index in [0.717, 1.165) is 13.0 Å². The van der Waals surface area contributed by atoms with Gasteiger partial charge in [-0.15, -0.1) is 0 Å². The lowest BCUT2D eigenvalue weighted by atomic mass is 10.4. The highest BCUT2D eigenvalue weighted by Gasteiger charge is 2.55. The molecular formula is C13H28N2O3Si. The van der Waals surface area contributed by atoms with Crippen LogP contribution in [0.15, 0.2) is 12.4 Å². The van der Waals surface area contributed by atoms with Gasteiger partial charge in [-0.1, -0.05) is 6.92 Å². The first-order chi connectivity index (χ1) is 9.15. The van der Waals surface area contributed by atoms with E-state index in [1.54, 1.807) is 0 Å². The van der Waals surface area contributed by atoms with Crippen LogP contribution in [0.4, 0.5) is 0 Å². The lowest BCUT2D eigenvalue weighted by Gasteiger charge is -2.41. The van der Waals surface area contributed by atoms with Crippen molar-refractivity contribution in [2.24, 2.45) is 0 Å². The van der Waals surface area contributed by atoms with E-state index in [4.69, 9.17) is 13.3 Å². The second-order valence-corrected chi connectivity index (χ2v) is 7.07. The van der Waals surface area contributed by atoms with Crippen LogP contribution >= 0.6 is 0 Å². The van der Waals surface area contributed by atoms with Gasteiger partial charge in [0.05, 0.1) is 0 Å². The predicted octanol–water partition coefficient (Wildman–Crippen LogP) is 2.03. The maximum atomic E-state index is 6.01. The van der Waals surface area contributed by atoms with Gasteiger partial charge in [0.25, 0.3) is 0 Å². The number of nitrogens with zero attached hydrogens (tertiary/aromatic N) is 2. The van der Waals surface area contributed by atoms with E-state index < -0.39 is 8.80 Å². The third kappa shape index (κ3) is 3.72. The molecule has 1 aliphatic rings. The lowest BCUT2D eigenvalue weighted by molar-refractivity contribution is 0.0234. The van der Waals surface area contributed by atoms with Crippen molar-refractivity contribution in [2.45, 2.75) is 39.9 Å². The van der Waals surface area contributed by atoms with Crippen molar-refractivity contribution >= 4 is 8.80 Å². The predicted molar refractivity (Wildman–Crippen MR) is 78.3 cm³/mol. The van der Waals surface area contributed by atoms with Gasteiger partial charge in [0.15, 0.2) is 5.79 Å². The van der Waals surface area contributed by atoms with Crippen molar-refractivity contribution in [1.82, 2.24) is 9.80 Å². The average Bonchev–Trinajstić information content (AvgIpc) is 2.72. The molecule has 1 atom stereocenters.